The van der Waals surface area contributed by atoms with Crippen molar-refractivity contribution in [3.63, 3.8) is 0 Å². The van der Waals surface area contributed by atoms with Gasteiger partial charge in [-0.05, 0) is 43.5 Å². The zero-order valence-electron chi connectivity index (χ0n) is 15.7. The van der Waals surface area contributed by atoms with Crippen LogP contribution in [-0.2, 0) is 17.6 Å². The molecule has 142 valence electrons. The summed E-state index contributed by atoms with van der Waals surface area (Å²) in [7, 11) is 0. The predicted octanol–water partition coefficient (Wildman–Crippen LogP) is 2.99. The van der Waals surface area contributed by atoms with Crippen molar-refractivity contribution in [2.45, 2.75) is 50.4 Å². The Morgan fingerprint density at radius 1 is 1.33 bits per heavy atom. The molecule has 2 heterocycles. The van der Waals surface area contributed by atoms with Gasteiger partial charge in [-0.25, -0.2) is 4.98 Å². The number of rotatable bonds is 6. The van der Waals surface area contributed by atoms with E-state index in [9.17, 15) is 14.4 Å². The number of Topliss-reactive ketones (excluding diaryl/α,β-unsaturated/α-hetero) is 1. The van der Waals surface area contributed by atoms with Crippen molar-refractivity contribution in [3.8, 4) is 0 Å². The number of carbonyl (C=O) groups is 2. The van der Waals surface area contributed by atoms with Crippen molar-refractivity contribution in [1.82, 2.24) is 9.97 Å². The molecule has 0 aliphatic carbocycles. The number of hydrogen-bond donors (Lipinski definition) is 1. The lowest BCUT2D eigenvalue weighted by Crippen LogP contribution is -2.25. The third-order valence-electron chi connectivity index (χ3n) is 4.58. The van der Waals surface area contributed by atoms with Gasteiger partial charge >= 0.3 is 0 Å². The van der Waals surface area contributed by atoms with Gasteiger partial charge in [-0.1, -0.05) is 25.1 Å². The number of carbonyl (C=O) groups excluding carboxylic acids is 2. The van der Waals surface area contributed by atoms with Gasteiger partial charge < -0.3 is 9.88 Å². The number of nitrogens with zero attached hydrogens (tertiary/aromatic N) is 2. The molecule has 1 N–H and O–H groups in total. The fraction of sp³-hybridized carbons (Fsp3) is 0.400. The Balaban J connectivity index is 1.77. The second-order valence-corrected chi connectivity index (χ2v) is 8.01. The highest BCUT2D eigenvalue weighted by atomic mass is 32.2. The highest BCUT2D eigenvalue weighted by Gasteiger charge is 2.25. The van der Waals surface area contributed by atoms with Crippen LogP contribution in [-0.4, -0.2) is 33.5 Å². The van der Waals surface area contributed by atoms with E-state index in [1.807, 2.05) is 26.0 Å². The van der Waals surface area contributed by atoms with Crippen LogP contribution in [0.3, 0.4) is 0 Å². The normalized spacial score (nSPS) is 14.1. The van der Waals surface area contributed by atoms with Crippen molar-refractivity contribution in [1.29, 1.82) is 0 Å². The number of ketones is 1. The SMILES string of the molecule is CCCc1cc(=O)[nH]c(SC(C)C(=O)c2ccc3c(c2)CCN3C(C)=O)n1. The van der Waals surface area contributed by atoms with Crippen LogP contribution >= 0.6 is 11.8 Å². The number of thioether (sulfide) groups is 1. The predicted molar refractivity (Wildman–Crippen MR) is 107 cm³/mol. The molecule has 0 radical (unpaired) electrons. The monoisotopic (exact) mass is 385 g/mol. The van der Waals surface area contributed by atoms with E-state index in [2.05, 4.69) is 9.97 Å². The highest BCUT2D eigenvalue weighted by Crippen LogP contribution is 2.30. The highest BCUT2D eigenvalue weighted by molar-refractivity contribution is 8.00. The van der Waals surface area contributed by atoms with Crippen LogP contribution < -0.4 is 10.5 Å². The van der Waals surface area contributed by atoms with Crippen LogP contribution in [0.15, 0.2) is 34.2 Å². The number of aromatic nitrogens is 2. The maximum absolute atomic E-state index is 12.8. The van der Waals surface area contributed by atoms with E-state index < -0.39 is 0 Å². The summed E-state index contributed by atoms with van der Waals surface area (Å²) in [6.07, 6.45) is 2.39. The zero-order chi connectivity index (χ0) is 19.6. The number of fused-ring (bicyclic) bond motifs is 1. The first-order chi connectivity index (χ1) is 12.9. The van der Waals surface area contributed by atoms with E-state index in [1.54, 1.807) is 17.9 Å². The molecular weight excluding hydrogens is 362 g/mol. The smallest absolute Gasteiger partial charge is 0.251 e. The van der Waals surface area contributed by atoms with Gasteiger partial charge in [0, 0.05) is 36.5 Å². The molecule has 2 aromatic rings. The van der Waals surface area contributed by atoms with Crippen molar-refractivity contribution >= 4 is 29.1 Å². The molecular formula is C20H23N3O3S. The summed E-state index contributed by atoms with van der Waals surface area (Å²) in [5.74, 6) is -0.00800. The van der Waals surface area contributed by atoms with Gasteiger partial charge in [0.15, 0.2) is 10.9 Å². The Kier molecular flexibility index (Phi) is 5.79. The summed E-state index contributed by atoms with van der Waals surface area (Å²) in [4.78, 5) is 45.2. The molecule has 0 fully saturated rings. The van der Waals surface area contributed by atoms with Gasteiger partial charge in [0.05, 0.1) is 5.25 Å². The van der Waals surface area contributed by atoms with Gasteiger partial charge in [-0.15, -0.1) is 0 Å². The number of amides is 1. The first-order valence-electron chi connectivity index (χ1n) is 9.11. The molecule has 6 nitrogen and oxygen atoms in total. The maximum Gasteiger partial charge on any atom is 0.251 e. The molecule has 1 aromatic carbocycles. The van der Waals surface area contributed by atoms with Crippen LogP contribution in [0.25, 0.3) is 0 Å². The van der Waals surface area contributed by atoms with Gasteiger partial charge in [-0.3, -0.25) is 14.4 Å². The van der Waals surface area contributed by atoms with Gasteiger partial charge in [-0.2, -0.15) is 0 Å². The van der Waals surface area contributed by atoms with Crippen molar-refractivity contribution in [2.75, 3.05) is 11.4 Å². The summed E-state index contributed by atoms with van der Waals surface area (Å²) in [5, 5.41) is 0.0871. The molecule has 1 aliphatic rings. The quantitative estimate of drug-likeness (QED) is 0.469. The molecule has 1 amide bonds. The van der Waals surface area contributed by atoms with E-state index in [0.29, 0.717) is 17.3 Å². The maximum atomic E-state index is 12.8. The Labute approximate surface area is 162 Å². The standard InChI is InChI=1S/C20H23N3O3S/c1-4-5-16-11-18(25)22-20(21-16)27-12(2)19(26)15-6-7-17-14(10-15)8-9-23(17)13(3)24/h6-7,10-12H,4-5,8-9H2,1-3H3,(H,21,22,25). The minimum absolute atomic E-state index is 0.0127. The summed E-state index contributed by atoms with van der Waals surface area (Å²) in [6.45, 7) is 6.05. The molecule has 0 spiro atoms. The van der Waals surface area contributed by atoms with E-state index in [1.165, 1.54) is 17.8 Å². The summed E-state index contributed by atoms with van der Waals surface area (Å²) < 4.78 is 0. The number of hydrogen-bond acceptors (Lipinski definition) is 5. The topological polar surface area (TPSA) is 83.1 Å². The number of anilines is 1. The van der Waals surface area contributed by atoms with Crippen LogP contribution in [0.2, 0.25) is 0 Å². The molecule has 1 aliphatic heterocycles. The number of nitrogens with one attached hydrogen (secondary N) is 1. The van der Waals surface area contributed by atoms with Crippen LogP contribution in [0.1, 0.15) is 48.8 Å². The average molecular weight is 385 g/mol. The Morgan fingerprint density at radius 2 is 2.11 bits per heavy atom. The van der Waals surface area contributed by atoms with E-state index in [0.717, 1.165) is 36.2 Å². The number of aryl methyl sites for hydroxylation is 1. The minimum atomic E-state index is -0.381. The van der Waals surface area contributed by atoms with Crippen molar-refractivity contribution in [3.05, 3.63) is 51.4 Å². The molecule has 1 aromatic heterocycles. The number of H-pyrrole nitrogens is 1. The lowest BCUT2D eigenvalue weighted by Gasteiger charge is -2.15. The molecule has 0 saturated carbocycles. The third-order valence-corrected chi connectivity index (χ3v) is 5.56. The lowest BCUT2D eigenvalue weighted by atomic mass is 10.0. The summed E-state index contributed by atoms with van der Waals surface area (Å²) in [6, 6.07) is 6.99. The van der Waals surface area contributed by atoms with Crippen LogP contribution in [0, 0.1) is 0 Å². The fourth-order valence-corrected chi connectivity index (χ4v) is 4.17. The zero-order valence-corrected chi connectivity index (χ0v) is 16.6. The minimum Gasteiger partial charge on any atom is -0.312 e. The first-order valence-corrected chi connectivity index (χ1v) is 9.99. The molecule has 0 saturated heterocycles. The van der Waals surface area contributed by atoms with E-state index in [-0.39, 0.29) is 22.5 Å². The van der Waals surface area contributed by atoms with E-state index in [4.69, 9.17) is 0 Å². The van der Waals surface area contributed by atoms with Gasteiger partial charge in [0.2, 0.25) is 5.91 Å². The van der Waals surface area contributed by atoms with Gasteiger partial charge in [0.25, 0.3) is 5.56 Å². The molecule has 3 rings (SSSR count). The summed E-state index contributed by atoms with van der Waals surface area (Å²) in [5.41, 5.74) is 3.07. The Hall–Kier alpha value is -2.41. The number of benzene rings is 1. The average Bonchev–Trinajstić information content (AvgIpc) is 3.04. The fourth-order valence-electron chi connectivity index (χ4n) is 3.26. The van der Waals surface area contributed by atoms with Crippen molar-refractivity contribution < 1.29 is 9.59 Å². The molecule has 1 unspecified atom stereocenters. The van der Waals surface area contributed by atoms with Crippen LogP contribution in [0.4, 0.5) is 5.69 Å². The summed E-state index contributed by atoms with van der Waals surface area (Å²) >= 11 is 1.26. The lowest BCUT2D eigenvalue weighted by molar-refractivity contribution is -0.116. The van der Waals surface area contributed by atoms with Gasteiger partial charge in [0.1, 0.15) is 0 Å². The Morgan fingerprint density at radius 3 is 2.81 bits per heavy atom. The molecule has 7 heteroatoms. The first kappa shape index (κ1) is 19.4. The molecule has 27 heavy (non-hydrogen) atoms. The Bertz CT molecular complexity index is 938. The second-order valence-electron chi connectivity index (χ2n) is 6.68. The van der Waals surface area contributed by atoms with E-state index >= 15 is 0 Å². The van der Waals surface area contributed by atoms with Crippen LogP contribution in [0.5, 0.6) is 0 Å². The second kappa shape index (κ2) is 8.08. The van der Waals surface area contributed by atoms with Crippen molar-refractivity contribution in [2.24, 2.45) is 0 Å². The molecule has 1 atom stereocenters. The third kappa shape index (κ3) is 4.30. The molecule has 0 bridgehead atoms. The number of aromatic amines is 1. The largest absolute Gasteiger partial charge is 0.312 e.